The Kier molecular flexibility index (Phi) is 2.49. The van der Waals surface area contributed by atoms with Crippen LogP contribution in [-0.2, 0) is 13.1 Å². The van der Waals surface area contributed by atoms with Gasteiger partial charge in [0.1, 0.15) is 0 Å². The van der Waals surface area contributed by atoms with Crippen molar-refractivity contribution in [2.75, 3.05) is 6.54 Å². The minimum atomic E-state index is 0.794. The van der Waals surface area contributed by atoms with Crippen LogP contribution in [0.5, 0.6) is 0 Å². The van der Waals surface area contributed by atoms with E-state index < -0.39 is 0 Å². The van der Waals surface area contributed by atoms with Gasteiger partial charge in [0.25, 0.3) is 0 Å². The van der Waals surface area contributed by atoms with Crippen LogP contribution in [0.3, 0.4) is 0 Å². The Morgan fingerprint density at radius 1 is 1.27 bits per heavy atom. The molecule has 0 radical (unpaired) electrons. The van der Waals surface area contributed by atoms with Gasteiger partial charge in [-0.1, -0.05) is 19.3 Å². The van der Waals surface area contributed by atoms with E-state index in [4.69, 9.17) is 0 Å². The SMILES string of the molecule is c1nn2c(c1C1CCCCC1)CNCC2. The summed E-state index contributed by atoms with van der Waals surface area (Å²) in [7, 11) is 0. The molecule has 1 aromatic heterocycles. The second kappa shape index (κ2) is 3.97. The molecule has 0 aromatic carbocycles. The Bertz CT molecular complexity index is 337. The summed E-state index contributed by atoms with van der Waals surface area (Å²) < 4.78 is 2.19. The molecule has 2 heterocycles. The number of nitrogens with zero attached hydrogens (tertiary/aromatic N) is 2. The highest BCUT2D eigenvalue weighted by molar-refractivity contribution is 5.24. The molecule has 82 valence electrons. The number of nitrogens with one attached hydrogen (secondary N) is 1. The van der Waals surface area contributed by atoms with Gasteiger partial charge >= 0.3 is 0 Å². The van der Waals surface area contributed by atoms with Gasteiger partial charge in [0.05, 0.1) is 18.4 Å². The molecule has 0 unspecified atom stereocenters. The molecule has 1 fully saturated rings. The van der Waals surface area contributed by atoms with Crippen molar-refractivity contribution in [2.45, 2.75) is 51.1 Å². The second-order valence-electron chi connectivity index (χ2n) is 4.78. The van der Waals surface area contributed by atoms with Gasteiger partial charge in [-0.25, -0.2) is 0 Å². The highest BCUT2D eigenvalue weighted by Crippen LogP contribution is 2.34. The van der Waals surface area contributed by atoms with Crippen molar-refractivity contribution in [1.29, 1.82) is 0 Å². The van der Waals surface area contributed by atoms with Crippen LogP contribution < -0.4 is 5.32 Å². The molecule has 0 atom stereocenters. The van der Waals surface area contributed by atoms with Crippen LogP contribution in [-0.4, -0.2) is 16.3 Å². The van der Waals surface area contributed by atoms with E-state index in [9.17, 15) is 0 Å². The zero-order chi connectivity index (χ0) is 10.1. The van der Waals surface area contributed by atoms with E-state index in [1.54, 1.807) is 0 Å². The average Bonchev–Trinajstić information content (AvgIpc) is 2.74. The summed E-state index contributed by atoms with van der Waals surface area (Å²) in [5, 5.41) is 7.95. The second-order valence-corrected chi connectivity index (χ2v) is 4.78. The molecule has 0 spiro atoms. The fourth-order valence-corrected chi connectivity index (χ4v) is 2.96. The number of fused-ring (bicyclic) bond motifs is 1. The molecule has 2 aliphatic rings. The van der Waals surface area contributed by atoms with Gasteiger partial charge in [0.15, 0.2) is 0 Å². The third kappa shape index (κ3) is 1.69. The predicted molar refractivity (Wildman–Crippen MR) is 59.8 cm³/mol. The standard InChI is InChI=1S/C12H19N3/c1-2-4-10(5-3-1)11-8-14-15-7-6-13-9-12(11)15/h8,10,13H,1-7,9H2. The summed E-state index contributed by atoms with van der Waals surface area (Å²) in [6.07, 6.45) is 9.11. The molecule has 0 bridgehead atoms. The van der Waals surface area contributed by atoms with Crippen molar-refractivity contribution in [3.05, 3.63) is 17.5 Å². The molecular formula is C12H19N3. The Labute approximate surface area is 90.9 Å². The summed E-state index contributed by atoms with van der Waals surface area (Å²) in [6.45, 7) is 3.13. The van der Waals surface area contributed by atoms with Gasteiger partial charge in [-0.3, -0.25) is 4.68 Å². The van der Waals surface area contributed by atoms with E-state index in [1.165, 1.54) is 43.4 Å². The van der Waals surface area contributed by atoms with Crippen LogP contribution in [0.15, 0.2) is 6.20 Å². The van der Waals surface area contributed by atoms with E-state index in [0.29, 0.717) is 0 Å². The molecule has 15 heavy (non-hydrogen) atoms. The average molecular weight is 205 g/mol. The highest BCUT2D eigenvalue weighted by atomic mass is 15.3. The molecular weight excluding hydrogens is 186 g/mol. The Hall–Kier alpha value is -0.830. The third-order valence-corrected chi connectivity index (χ3v) is 3.82. The Morgan fingerprint density at radius 2 is 2.13 bits per heavy atom. The van der Waals surface area contributed by atoms with Crippen molar-refractivity contribution in [2.24, 2.45) is 0 Å². The number of hydrogen-bond acceptors (Lipinski definition) is 2. The van der Waals surface area contributed by atoms with Crippen molar-refractivity contribution in [3.63, 3.8) is 0 Å². The van der Waals surface area contributed by atoms with Crippen LogP contribution >= 0.6 is 0 Å². The van der Waals surface area contributed by atoms with E-state index in [1.807, 2.05) is 0 Å². The van der Waals surface area contributed by atoms with Gasteiger partial charge in [0.2, 0.25) is 0 Å². The van der Waals surface area contributed by atoms with E-state index >= 15 is 0 Å². The van der Waals surface area contributed by atoms with Gasteiger partial charge in [-0.05, 0) is 24.3 Å². The molecule has 1 saturated carbocycles. The normalized spacial score (nSPS) is 22.7. The Morgan fingerprint density at radius 3 is 3.00 bits per heavy atom. The van der Waals surface area contributed by atoms with Gasteiger partial charge < -0.3 is 5.32 Å². The molecule has 1 aliphatic carbocycles. The first kappa shape index (κ1) is 9.40. The summed E-state index contributed by atoms with van der Waals surface area (Å²) in [4.78, 5) is 0. The number of rotatable bonds is 1. The smallest absolute Gasteiger partial charge is 0.0557 e. The zero-order valence-corrected chi connectivity index (χ0v) is 9.21. The minimum absolute atomic E-state index is 0.794. The molecule has 3 rings (SSSR count). The quantitative estimate of drug-likeness (QED) is 0.760. The van der Waals surface area contributed by atoms with Gasteiger partial charge in [-0.2, -0.15) is 5.10 Å². The lowest BCUT2D eigenvalue weighted by Crippen LogP contribution is -2.29. The lowest BCUT2D eigenvalue weighted by atomic mass is 9.84. The summed E-state index contributed by atoms with van der Waals surface area (Å²) >= 11 is 0. The van der Waals surface area contributed by atoms with E-state index in [-0.39, 0.29) is 0 Å². The Balaban J connectivity index is 1.87. The third-order valence-electron chi connectivity index (χ3n) is 3.82. The first-order valence-electron chi connectivity index (χ1n) is 6.20. The molecule has 1 aliphatic heterocycles. The molecule has 0 amide bonds. The lowest BCUT2D eigenvalue weighted by Gasteiger charge is -2.23. The topological polar surface area (TPSA) is 29.9 Å². The van der Waals surface area contributed by atoms with Gasteiger partial charge in [-0.15, -0.1) is 0 Å². The summed E-state index contributed by atoms with van der Waals surface area (Å²) in [6, 6.07) is 0. The van der Waals surface area contributed by atoms with Crippen LogP contribution in [0.1, 0.15) is 49.3 Å². The van der Waals surface area contributed by atoms with Crippen molar-refractivity contribution in [3.8, 4) is 0 Å². The van der Waals surface area contributed by atoms with Crippen LogP contribution in [0.2, 0.25) is 0 Å². The van der Waals surface area contributed by atoms with Crippen LogP contribution in [0.4, 0.5) is 0 Å². The minimum Gasteiger partial charge on any atom is -0.309 e. The zero-order valence-electron chi connectivity index (χ0n) is 9.21. The monoisotopic (exact) mass is 205 g/mol. The maximum absolute atomic E-state index is 4.51. The van der Waals surface area contributed by atoms with Crippen molar-refractivity contribution in [1.82, 2.24) is 15.1 Å². The molecule has 3 heteroatoms. The number of hydrogen-bond donors (Lipinski definition) is 1. The van der Waals surface area contributed by atoms with E-state index in [2.05, 4.69) is 21.3 Å². The molecule has 3 nitrogen and oxygen atoms in total. The van der Waals surface area contributed by atoms with Gasteiger partial charge in [0, 0.05) is 13.1 Å². The van der Waals surface area contributed by atoms with Crippen molar-refractivity contribution >= 4 is 0 Å². The fraction of sp³-hybridized carbons (Fsp3) is 0.750. The molecule has 1 aromatic rings. The largest absolute Gasteiger partial charge is 0.309 e. The number of aromatic nitrogens is 2. The maximum Gasteiger partial charge on any atom is 0.0557 e. The van der Waals surface area contributed by atoms with Crippen LogP contribution in [0.25, 0.3) is 0 Å². The van der Waals surface area contributed by atoms with Crippen LogP contribution in [0, 0.1) is 0 Å². The molecule has 1 N–H and O–H groups in total. The first-order valence-corrected chi connectivity index (χ1v) is 6.20. The predicted octanol–water partition coefficient (Wildman–Crippen LogP) is 2.03. The maximum atomic E-state index is 4.51. The molecule has 0 saturated heterocycles. The van der Waals surface area contributed by atoms with E-state index in [0.717, 1.165) is 25.6 Å². The fourth-order valence-electron chi connectivity index (χ4n) is 2.96. The summed E-state index contributed by atoms with van der Waals surface area (Å²) in [5.41, 5.74) is 2.98. The summed E-state index contributed by atoms with van der Waals surface area (Å²) in [5.74, 6) is 0.794. The van der Waals surface area contributed by atoms with Crippen molar-refractivity contribution < 1.29 is 0 Å². The lowest BCUT2D eigenvalue weighted by molar-refractivity contribution is 0.430. The first-order chi connectivity index (χ1) is 7.45. The highest BCUT2D eigenvalue weighted by Gasteiger charge is 2.22.